The minimum Gasteiger partial charge on any atom is -0.356 e. The molecule has 23 heavy (non-hydrogen) atoms. The van der Waals surface area contributed by atoms with E-state index in [9.17, 15) is 8.42 Å². The summed E-state index contributed by atoms with van der Waals surface area (Å²) in [7, 11) is 0.616. The van der Waals surface area contributed by atoms with E-state index in [1.807, 2.05) is 11.9 Å². The van der Waals surface area contributed by atoms with Crippen LogP contribution in [0.2, 0.25) is 0 Å². The predicted octanol–water partition coefficient (Wildman–Crippen LogP) is 1.20. The molecule has 0 heterocycles. The molecule has 0 amide bonds. The molecule has 0 atom stereocenters. The summed E-state index contributed by atoms with van der Waals surface area (Å²) in [5, 5.41) is 3.24. The van der Waals surface area contributed by atoms with Crippen LogP contribution in [-0.4, -0.2) is 52.7 Å². The topological polar surface area (TPSA) is 73.8 Å². The van der Waals surface area contributed by atoms with Crippen molar-refractivity contribution in [3.05, 3.63) is 35.4 Å². The lowest BCUT2D eigenvalue weighted by molar-refractivity contribution is 0.475. The molecule has 7 heteroatoms. The molecule has 0 unspecified atom stereocenters. The summed E-state index contributed by atoms with van der Waals surface area (Å²) in [6.07, 6.45) is 2.91. The van der Waals surface area contributed by atoms with Crippen molar-refractivity contribution >= 4 is 16.0 Å². The van der Waals surface area contributed by atoms with Crippen LogP contribution in [0.15, 0.2) is 29.3 Å². The van der Waals surface area contributed by atoms with Crippen LogP contribution in [0.4, 0.5) is 0 Å². The zero-order valence-corrected chi connectivity index (χ0v) is 15.3. The molecule has 0 saturated carbocycles. The van der Waals surface area contributed by atoms with Gasteiger partial charge in [0.1, 0.15) is 0 Å². The van der Waals surface area contributed by atoms with Gasteiger partial charge in [-0.15, -0.1) is 0 Å². The second kappa shape index (κ2) is 9.52. The molecule has 0 bridgehead atoms. The van der Waals surface area contributed by atoms with E-state index in [-0.39, 0.29) is 0 Å². The summed E-state index contributed by atoms with van der Waals surface area (Å²) in [4.78, 5) is 6.30. The molecule has 2 N–H and O–H groups in total. The van der Waals surface area contributed by atoms with Crippen molar-refractivity contribution in [1.29, 1.82) is 0 Å². The maximum absolute atomic E-state index is 11.0. The maximum atomic E-state index is 11.0. The predicted molar refractivity (Wildman–Crippen MR) is 96.1 cm³/mol. The minimum absolute atomic E-state index is 0.422. The third kappa shape index (κ3) is 7.99. The lowest BCUT2D eigenvalue weighted by Gasteiger charge is -2.22. The molecule has 6 nitrogen and oxygen atoms in total. The van der Waals surface area contributed by atoms with E-state index in [0.29, 0.717) is 19.5 Å². The van der Waals surface area contributed by atoms with Crippen molar-refractivity contribution in [3.8, 4) is 0 Å². The van der Waals surface area contributed by atoms with E-state index in [1.54, 1.807) is 7.05 Å². The molecule has 1 rings (SSSR count). The zero-order valence-electron chi connectivity index (χ0n) is 14.5. The highest BCUT2D eigenvalue weighted by Crippen LogP contribution is 2.07. The first-order valence-corrected chi connectivity index (χ1v) is 9.69. The summed E-state index contributed by atoms with van der Waals surface area (Å²) < 4.78 is 24.4. The van der Waals surface area contributed by atoms with Crippen LogP contribution in [0, 0.1) is 0 Å². The highest BCUT2D eigenvalue weighted by Gasteiger charge is 2.06. The van der Waals surface area contributed by atoms with Gasteiger partial charge in [-0.3, -0.25) is 4.99 Å². The lowest BCUT2D eigenvalue weighted by atomic mass is 10.1. The SMILES string of the molecule is CCc1ccc(CN(C)C(=NC)NCCCNS(C)(=O)=O)cc1. The lowest BCUT2D eigenvalue weighted by Crippen LogP contribution is -2.39. The van der Waals surface area contributed by atoms with Crippen LogP contribution < -0.4 is 10.0 Å². The smallest absolute Gasteiger partial charge is 0.208 e. The zero-order chi connectivity index (χ0) is 17.3. The largest absolute Gasteiger partial charge is 0.356 e. The van der Waals surface area contributed by atoms with E-state index in [4.69, 9.17) is 0 Å². The van der Waals surface area contributed by atoms with Crippen molar-refractivity contribution in [2.45, 2.75) is 26.3 Å². The van der Waals surface area contributed by atoms with Crippen LogP contribution in [0.25, 0.3) is 0 Å². The Labute approximate surface area is 140 Å². The van der Waals surface area contributed by atoms with Crippen LogP contribution in [0.1, 0.15) is 24.5 Å². The van der Waals surface area contributed by atoms with E-state index in [0.717, 1.165) is 25.2 Å². The Bertz CT molecular complexity index is 597. The summed E-state index contributed by atoms with van der Waals surface area (Å²) in [5.41, 5.74) is 2.56. The fraction of sp³-hybridized carbons (Fsp3) is 0.562. The van der Waals surface area contributed by atoms with Gasteiger partial charge < -0.3 is 10.2 Å². The first-order valence-electron chi connectivity index (χ1n) is 7.80. The first-order chi connectivity index (χ1) is 10.9. The van der Waals surface area contributed by atoms with Crippen molar-refractivity contribution in [3.63, 3.8) is 0 Å². The van der Waals surface area contributed by atoms with Gasteiger partial charge in [0.2, 0.25) is 10.0 Å². The third-order valence-electron chi connectivity index (χ3n) is 3.43. The average molecular weight is 340 g/mol. The summed E-state index contributed by atoms with van der Waals surface area (Å²) in [6, 6.07) is 8.57. The highest BCUT2D eigenvalue weighted by atomic mass is 32.2. The van der Waals surface area contributed by atoms with E-state index < -0.39 is 10.0 Å². The fourth-order valence-electron chi connectivity index (χ4n) is 2.16. The Morgan fingerprint density at radius 2 is 1.78 bits per heavy atom. The minimum atomic E-state index is -3.11. The van der Waals surface area contributed by atoms with Gasteiger partial charge >= 0.3 is 0 Å². The van der Waals surface area contributed by atoms with E-state index in [2.05, 4.69) is 46.2 Å². The molecule has 1 aromatic rings. The average Bonchev–Trinajstić information content (AvgIpc) is 2.50. The summed E-state index contributed by atoms with van der Waals surface area (Å²) >= 11 is 0. The van der Waals surface area contributed by atoms with Gasteiger partial charge in [0.05, 0.1) is 6.26 Å². The van der Waals surface area contributed by atoms with Gasteiger partial charge in [0.15, 0.2) is 5.96 Å². The number of nitrogens with zero attached hydrogens (tertiary/aromatic N) is 2. The Morgan fingerprint density at radius 3 is 2.30 bits per heavy atom. The number of hydrogen-bond donors (Lipinski definition) is 2. The number of benzene rings is 1. The molecule has 0 radical (unpaired) electrons. The van der Waals surface area contributed by atoms with Crippen LogP contribution in [-0.2, 0) is 23.0 Å². The Kier molecular flexibility index (Phi) is 8.05. The fourth-order valence-corrected chi connectivity index (χ4v) is 2.68. The third-order valence-corrected chi connectivity index (χ3v) is 4.15. The van der Waals surface area contributed by atoms with E-state index in [1.165, 1.54) is 11.1 Å². The van der Waals surface area contributed by atoms with Gasteiger partial charge in [0, 0.05) is 33.7 Å². The number of hydrogen-bond acceptors (Lipinski definition) is 3. The highest BCUT2D eigenvalue weighted by molar-refractivity contribution is 7.88. The number of rotatable bonds is 8. The van der Waals surface area contributed by atoms with Gasteiger partial charge in [-0.2, -0.15) is 0 Å². The van der Waals surface area contributed by atoms with Crippen LogP contribution in [0.3, 0.4) is 0 Å². The second-order valence-corrected chi connectivity index (χ2v) is 7.35. The summed E-state index contributed by atoms with van der Waals surface area (Å²) in [5.74, 6) is 0.795. The number of sulfonamides is 1. The maximum Gasteiger partial charge on any atom is 0.208 e. The van der Waals surface area contributed by atoms with Gasteiger partial charge in [-0.1, -0.05) is 31.2 Å². The molecule has 0 aliphatic carbocycles. The molecular formula is C16H28N4O2S. The number of aryl methyl sites for hydroxylation is 1. The molecule has 1 aromatic carbocycles. The Hall–Kier alpha value is -1.60. The molecule has 0 spiro atoms. The van der Waals surface area contributed by atoms with Crippen molar-refractivity contribution in [2.75, 3.05) is 33.4 Å². The quantitative estimate of drug-likeness (QED) is 0.424. The molecule has 0 fully saturated rings. The number of aliphatic imine (C=N–C) groups is 1. The number of nitrogens with one attached hydrogen (secondary N) is 2. The van der Waals surface area contributed by atoms with Crippen molar-refractivity contribution in [1.82, 2.24) is 14.9 Å². The van der Waals surface area contributed by atoms with Crippen molar-refractivity contribution < 1.29 is 8.42 Å². The first kappa shape index (κ1) is 19.4. The van der Waals surface area contributed by atoms with Crippen LogP contribution in [0.5, 0.6) is 0 Å². The molecular weight excluding hydrogens is 312 g/mol. The van der Waals surface area contributed by atoms with Crippen LogP contribution >= 0.6 is 0 Å². The molecule has 0 saturated heterocycles. The summed E-state index contributed by atoms with van der Waals surface area (Å²) in [6.45, 7) is 4.00. The number of guanidine groups is 1. The molecule has 0 aliphatic rings. The molecule has 130 valence electrons. The van der Waals surface area contributed by atoms with Gasteiger partial charge in [-0.05, 0) is 24.0 Å². The second-order valence-electron chi connectivity index (χ2n) is 5.52. The van der Waals surface area contributed by atoms with Gasteiger partial charge in [0.25, 0.3) is 0 Å². The van der Waals surface area contributed by atoms with Crippen molar-refractivity contribution in [2.24, 2.45) is 4.99 Å². The van der Waals surface area contributed by atoms with E-state index >= 15 is 0 Å². The Balaban J connectivity index is 2.41. The molecule has 0 aromatic heterocycles. The standard InChI is InChI=1S/C16H28N4O2S/c1-5-14-7-9-15(10-8-14)13-20(3)16(17-2)18-11-6-12-19-23(4,21)22/h7-10,19H,5-6,11-13H2,1-4H3,(H,17,18). The normalized spacial score (nSPS) is 12.3. The Morgan fingerprint density at radius 1 is 1.17 bits per heavy atom. The monoisotopic (exact) mass is 340 g/mol. The molecule has 0 aliphatic heterocycles. The van der Waals surface area contributed by atoms with Gasteiger partial charge in [-0.25, -0.2) is 13.1 Å².